The zero-order chi connectivity index (χ0) is 12.9. The number of pyridine rings is 1. The van der Waals surface area contributed by atoms with Gasteiger partial charge in [-0.3, -0.25) is 9.52 Å². The highest BCUT2D eigenvalue weighted by atomic mass is 35.5. The van der Waals surface area contributed by atoms with Gasteiger partial charge in [-0.15, -0.1) is 11.6 Å². The summed E-state index contributed by atoms with van der Waals surface area (Å²) in [6.45, 7) is 2.50. The molecule has 96 valence electrons. The molecule has 0 amide bonds. The molecule has 7 heteroatoms. The molecule has 0 radical (unpaired) electrons. The Morgan fingerprint density at radius 2 is 2.12 bits per heavy atom. The second-order valence-corrected chi connectivity index (χ2v) is 5.78. The highest BCUT2D eigenvalue weighted by molar-refractivity contribution is 7.92. The number of hydrogen-bond donors (Lipinski definition) is 1. The van der Waals surface area contributed by atoms with Gasteiger partial charge in [0.25, 0.3) is 5.56 Å². The van der Waals surface area contributed by atoms with Crippen LogP contribution in [-0.2, 0) is 16.6 Å². The maximum absolute atomic E-state index is 11.5. The SMILES string of the molecule is CCCn1cc(NS(=O)(=O)CCCl)ccc1=O. The first-order chi connectivity index (χ1) is 7.98. The van der Waals surface area contributed by atoms with Crippen LogP contribution in [0.3, 0.4) is 0 Å². The number of nitrogens with zero attached hydrogens (tertiary/aromatic N) is 1. The number of aryl methyl sites for hydroxylation is 1. The summed E-state index contributed by atoms with van der Waals surface area (Å²) in [7, 11) is -3.43. The zero-order valence-corrected chi connectivity index (χ0v) is 11.1. The summed E-state index contributed by atoms with van der Waals surface area (Å²) in [5.74, 6) is -0.120. The van der Waals surface area contributed by atoms with Crippen LogP contribution in [0.4, 0.5) is 5.69 Å². The van der Waals surface area contributed by atoms with Crippen molar-refractivity contribution in [1.29, 1.82) is 0 Å². The molecule has 0 saturated heterocycles. The van der Waals surface area contributed by atoms with Gasteiger partial charge in [0.2, 0.25) is 10.0 Å². The number of hydrogen-bond acceptors (Lipinski definition) is 3. The minimum atomic E-state index is -3.43. The van der Waals surface area contributed by atoms with Crippen LogP contribution in [0.2, 0.25) is 0 Å². The number of sulfonamides is 1. The fraction of sp³-hybridized carbons (Fsp3) is 0.500. The maximum Gasteiger partial charge on any atom is 0.250 e. The van der Waals surface area contributed by atoms with E-state index in [1.165, 1.54) is 22.9 Å². The third-order valence-corrected chi connectivity index (χ3v) is 3.77. The van der Waals surface area contributed by atoms with Gasteiger partial charge in [-0.05, 0) is 12.5 Å². The average molecular weight is 279 g/mol. The zero-order valence-electron chi connectivity index (χ0n) is 9.52. The predicted molar refractivity (Wildman–Crippen MR) is 69.1 cm³/mol. The molecule has 1 aromatic heterocycles. The van der Waals surface area contributed by atoms with Gasteiger partial charge in [0.05, 0.1) is 11.4 Å². The molecule has 1 N–H and O–H groups in total. The molecule has 0 spiro atoms. The smallest absolute Gasteiger partial charge is 0.250 e. The Bertz CT molecular complexity index is 525. The Balaban J connectivity index is 2.93. The third-order valence-electron chi connectivity index (χ3n) is 2.07. The van der Waals surface area contributed by atoms with E-state index < -0.39 is 10.0 Å². The van der Waals surface area contributed by atoms with E-state index in [4.69, 9.17) is 11.6 Å². The van der Waals surface area contributed by atoms with Crippen LogP contribution in [0, 0.1) is 0 Å². The molecule has 0 aliphatic carbocycles. The average Bonchev–Trinajstić information content (AvgIpc) is 2.23. The topological polar surface area (TPSA) is 68.2 Å². The number of anilines is 1. The van der Waals surface area contributed by atoms with Gasteiger partial charge < -0.3 is 4.57 Å². The standard InChI is InChI=1S/C10H15ClN2O3S/c1-2-6-13-8-9(3-4-10(13)14)12-17(15,16)7-5-11/h3-4,8,12H,2,5-7H2,1H3. The Hall–Kier alpha value is -1.01. The molecule has 0 aromatic carbocycles. The van der Waals surface area contributed by atoms with Crippen LogP contribution < -0.4 is 10.3 Å². The lowest BCUT2D eigenvalue weighted by atomic mass is 10.4. The second kappa shape index (κ2) is 6.07. The number of halogens is 1. The molecule has 0 atom stereocenters. The number of nitrogens with one attached hydrogen (secondary N) is 1. The van der Waals surface area contributed by atoms with Gasteiger partial charge >= 0.3 is 0 Å². The highest BCUT2D eigenvalue weighted by Gasteiger charge is 2.09. The van der Waals surface area contributed by atoms with Gasteiger partial charge in [-0.1, -0.05) is 6.92 Å². The first-order valence-corrected chi connectivity index (χ1v) is 7.44. The summed E-state index contributed by atoms with van der Waals surface area (Å²) in [6, 6.07) is 2.79. The van der Waals surface area contributed by atoms with Gasteiger partial charge in [-0.2, -0.15) is 0 Å². The molecular weight excluding hydrogens is 264 g/mol. The van der Waals surface area contributed by atoms with Crippen molar-refractivity contribution in [3.05, 3.63) is 28.7 Å². The summed E-state index contributed by atoms with van der Waals surface area (Å²) in [5, 5.41) is 0. The normalized spacial score (nSPS) is 11.4. The van der Waals surface area contributed by atoms with Crippen LogP contribution >= 0.6 is 11.6 Å². The van der Waals surface area contributed by atoms with Crippen LogP contribution in [0.1, 0.15) is 13.3 Å². The molecule has 0 unspecified atom stereocenters. The minimum Gasteiger partial charge on any atom is -0.313 e. The molecule has 1 rings (SSSR count). The molecule has 0 saturated carbocycles. The molecule has 17 heavy (non-hydrogen) atoms. The quantitative estimate of drug-likeness (QED) is 0.796. The van der Waals surface area contributed by atoms with E-state index in [1.54, 1.807) is 0 Å². The monoisotopic (exact) mass is 278 g/mol. The first-order valence-electron chi connectivity index (χ1n) is 5.25. The number of alkyl halides is 1. The van der Waals surface area contributed by atoms with Gasteiger partial charge in [0.1, 0.15) is 0 Å². The van der Waals surface area contributed by atoms with Crippen molar-refractivity contribution < 1.29 is 8.42 Å². The van der Waals surface area contributed by atoms with E-state index >= 15 is 0 Å². The Morgan fingerprint density at radius 1 is 1.41 bits per heavy atom. The van der Waals surface area contributed by atoms with E-state index in [-0.39, 0.29) is 17.2 Å². The second-order valence-electron chi connectivity index (χ2n) is 3.56. The fourth-order valence-corrected chi connectivity index (χ4v) is 2.73. The van der Waals surface area contributed by atoms with Gasteiger partial charge in [0.15, 0.2) is 0 Å². The molecule has 5 nitrogen and oxygen atoms in total. The van der Waals surface area contributed by atoms with Gasteiger partial charge in [0, 0.05) is 24.7 Å². The van der Waals surface area contributed by atoms with E-state index in [9.17, 15) is 13.2 Å². The lowest BCUT2D eigenvalue weighted by molar-refractivity contribution is 0.602. The van der Waals surface area contributed by atoms with E-state index in [1.807, 2.05) is 6.92 Å². The molecule has 0 aliphatic rings. The van der Waals surface area contributed by atoms with Crippen molar-refractivity contribution in [1.82, 2.24) is 4.57 Å². The number of aromatic nitrogens is 1. The lowest BCUT2D eigenvalue weighted by Gasteiger charge is -2.09. The lowest BCUT2D eigenvalue weighted by Crippen LogP contribution is -2.22. The Morgan fingerprint density at radius 3 is 2.71 bits per heavy atom. The summed E-state index contributed by atoms with van der Waals surface area (Å²) in [4.78, 5) is 11.4. The predicted octanol–water partition coefficient (Wildman–Crippen LogP) is 1.24. The molecular formula is C10H15ClN2O3S. The largest absolute Gasteiger partial charge is 0.313 e. The highest BCUT2D eigenvalue weighted by Crippen LogP contribution is 2.07. The number of rotatable bonds is 6. The first kappa shape index (κ1) is 14.1. The van der Waals surface area contributed by atoms with Crippen molar-refractivity contribution in [2.75, 3.05) is 16.4 Å². The summed E-state index contributed by atoms with van der Waals surface area (Å²) in [5.41, 5.74) is 0.232. The molecule has 0 bridgehead atoms. The van der Waals surface area contributed by atoms with E-state index in [0.29, 0.717) is 12.2 Å². The summed E-state index contributed by atoms with van der Waals surface area (Å²) in [6.07, 6.45) is 2.30. The molecule has 0 aliphatic heterocycles. The van der Waals surface area contributed by atoms with Crippen LogP contribution in [-0.4, -0.2) is 24.6 Å². The molecule has 1 heterocycles. The summed E-state index contributed by atoms with van der Waals surface area (Å²) < 4.78 is 26.8. The van der Waals surface area contributed by atoms with E-state index in [2.05, 4.69) is 4.72 Å². The third kappa shape index (κ3) is 4.40. The molecule has 1 aromatic rings. The van der Waals surface area contributed by atoms with Crippen LogP contribution in [0.15, 0.2) is 23.1 Å². The summed E-state index contributed by atoms with van der Waals surface area (Å²) >= 11 is 5.38. The van der Waals surface area contributed by atoms with E-state index in [0.717, 1.165) is 6.42 Å². The van der Waals surface area contributed by atoms with Crippen LogP contribution in [0.5, 0.6) is 0 Å². The van der Waals surface area contributed by atoms with Crippen molar-refractivity contribution in [3.63, 3.8) is 0 Å². The fourth-order valence-electron chi connectivity index (χ4n) is 1.34. The molecule has 0 fully saturated rings. The van der Waals surface area contributed by atoms with Gasteiger partial charge in [-0.25, -0.2) is 8.42 Å². The van der Waals surface area contributed by atoms with Crippen molar-refractivity contribution in [2.24, 2.45) is 0 Å². The Kier molecular flexibility index (Phi) is 5.02. The maximum atomic E-state index is 11.5. The van der Waals surface area contributed by atoms with Crippen molar-refractivity contribution in [3.8, 4) is 0 Å². The van der Waals surface area contributed by atoms with Crippen molar-refractivity contribution >= 4 is 27.3 Å². The minimum absolute atomic E-state index is 0.0317. The Labute approximate surface area is 105 Å². The van der Waals surface area contributed by atoms with Crippen LogP contribution in [0.25, 0.3) is 0 Å². The van der Waals surface area contributed by atoms with Crippen molar-refractivity contribution in [2.45, 2.75) is 19.9 Å².